The lowest BCUT2D eigenvalue weighted by atomic mass is 10.2. The maximum Gasteiger partial charge on any atom is 0.261 e. The van der Waals surface area contributed by atoms with Gasteiger partial charge in [0.15, 0.2) is 0 Å². The van der Waals surface area contributed by atoms with Gasteiger partial charge in [0.1, 0.15) is 5.75 Å². The number of alkyl halides is 1. The smallest absolute Gasteiger partial charge is 0.261 e. The second-order valence-electron chi connectivity index (χ2n) is 4.42. The van der Waals surface area contributed by atoms with Crippen LogP contribution < -0.4 is 9.46 Å². The van der Waals surface area contributed by atoms with Crippen molar-refractivity contribution >= 4 is 31.6 Å². The summed E-state index contributed by atoms with van der Waals surface area (Å²) in [5.74, 6) is 0.678. The highest BCUT2D eigenvalue weighted by Crippen LogP contribution is 2.19. The fraction of sp³-hybridized carbons (Fsp3) is 0.200. The van der Waals surface area contributed by atoms with E-state index in [2.05, 4.69) is 20.7 Å². The van der Waals surface area contributed by atoms with Crippen LogP contribution >= 0.6 is 15.9 Å². The molecule has 0 aliphatic heterocycles. The van der Waals surface area contributed by atoms with Crippen LogP contribution in [0.15, 0.2) is 53.4 Å². The number of ether oxygens (including phenoxy) is 1. The second kappa shape index (κ2) is 6.95. The van der Waals surface area contributed by atoms with E-state index in [0.717, 1.165) is 17.3 Å². The molecule has 0 saturated carbocycles. The molecule has 0 fully saturated rings. The van der Waals surface area contributed by atoms with Crippen LogP contribution in [-0.4, -0.2) is 20.9 Å². The van der Waals surface area contributed by atoms with Crippen molar-refractivity contribution in [1.82, 2.24) is 0 Å². The van der Waals surface area contributed by atoms with Gasteiger partial charge in [-0.05, 0) is 48.4 Å². The molecule has 0 atom stereocenters. The third kappa shape index (κ3) is 4.22. The van der Waals surface area contributed by atoms with Crippen molar-refractivity contribution < 1.29 is 13.2 Å². The number of anilines is 1. The van der Waals surface area contributed by atoms with Crippen LogP contribution in [0.4, 0.5) is 5.69 Å². The summed E-state index contributed by atoms with van der Waals surface area (Å²) in [7, 11) is -2.00. The van der Waals surface area contributed by atoms with E-state index >= 15 is 0 Å². The van der Waals surface area contributed by atoms with Crippen LogP contribution in [0.3, 0.4) is 0 Å². The predicted molar refractivity (Wildman–Crippen MR) is 87.7 cm³/mol. The zero-order valence-corrected chi connectivity index (χ0v) is 13.9. The number of aryl methyl sites for hydroxylation is 1. The molecule has 0 unspecified atom stereocenters. The van der Waals surface area contributed by atoms with E-state index in [1.807, 2.05) is 12.1 Å². The Labute approximate surface area is 133 Å². The normalized spacial score (nSPS) is 11.1. The van der Waals surface area contributed by atoms with E-state index in [-0.39, 0.29) is 4.90 Å². The highest BCUT2D eigenvalue weighted by Gasteiger charge is 2.13. The van der Waals surface area contributed by atoms with Crippen molar-refractivity contribution in [3.63, 3.8) is 0 Å². The topological polar surface area (TPSA) is 55.4 Å². The molecule has 21 heavy (non-hydrogen) atoms. The monoisotopic (exact) mass is 369 g/mol. The highest BCUT2D eigenvalue weighted by atomic mass is 79.9. The minimum absolute atomic E-state index is 0.247. The van der Waals surface area contributed by atoms with Gasteiger partial charge in [-0.25, -0.2) is 8.42 Å². The molecule has 0 aliphatic carbocycles. The number of hydrogen-bond acceptors (Lipinski definition) is 3. The van der Waals surface area contributed by atoms with Gasteiger partial charge < -0.3 is 4.74 Å². The van der Waals surface area contributed by atoms with E-state index in [4.69, 9.17) is 4.74 Å². The van der Waals surface area contributed by atoms with E-state index < -0.39 is 10.0 Å². The van der Waals surface area contributed by atoms with Gasteiger partial charge in [0.05, 0.1) is 12.0 Å². The molecule has 6 heteroatoms. The Hall–Kier alpha value is -1.53. The van der Waals surface area contributed by atoms with E-state index in [0.29, 0.717) is 11.4 Å². The number of benzene rings is 2. The van der Waals surface area contributed by atoms with Crippen LogP contribution in [-0.2, 0) is 16.4 Å². The van der Waals surface area contributed by atoms with Crippen LogP contribution in [0.5, 0.6) is 5.75 Å². The molecule has 2 rings (SSSR count). The first-order valence-electron chi connectivity index (χ1n) is 6.37. The van der Waals surface area contributed by atoms with Crippen molar-refractivity contribution in [2.75, 3.05) is 17.2 Å². The molecule has 112 valence electrons. The molecule has 0 aliphatic rings. The number of hydrogen-bond donors (Lipinski definition) is 1. The zero-order chi connectivity index (χ0) is 15.3. The Kier molecular flexibility index (Phi) is 5.25. The summed E-state index contributed by atoms with van der Waals surface area (Å²) in [6.45, 7) is 0. The second-order valence-corrected chi connectivity index (χ2v) is 6.89. The predicted octanol–water partition coefficient (Wildman–Crippen LogP) is 3.43. The number of nitrogens with one attached hydrogen (secondary N) is 1. The lowest BCUT2D eigenvalue weighted by molar-refractivity contribution is 0.415. The van der Waals surface area contributed by atoms with Crippen LogP contribution in [0.25, 0.3) is 0 Å². The standard InChI is InChI=1S/C15H16BrNO3S/c1-20-14-6-4-13(5-7-14)17-21(18,19)15-8-2-12(3-9-15)10-11-16/h2-9,17H,10-11H2,1H3. The largest absolute Gasteiger partial charge is 0.497 e. The molecular weight excluding hydrogens is 354 g/mol. The summed E-state index contributed by atoms with van der Waals surface area (Å²) in [6.07, 6.45) is 0.867. The van der Waals surface area contributed by atoms with Gasteiger partial charge in [-0.1, -0.05) is 28.1 Å². The number of halogens is 1. The number of methoxy groups -OCH3 is 1. The first-order chi connectivity index (χ1) is 10.0. The zero-order valence-electron chi connectivity index (χ0n) is 11.5. The van der Waals surface area contributed by atoms with E-state index in [1.165, 1.54) is 0 Å². The SMILES string of the molecule is COc1ccc(NS(=O)(=O)c2ccc(CCBr)cc2)cc1. The van der Waals surface area contributed by atoms with Gasteiger partial charge in [-0.15, -0.1) is 0 Å². The fourth-order valence-electron chi connectivity index (χ4n) is 1.82. The van der Waals surface area contributed by atoms with E-state index in [9.17, 15) is 8.42 Å². The van der Waals surface area contributed by atoms with Crippen LogP contribution in [0.2, 0.25) is 0 Å². The summed E-state index contributed by atoms with van der Waals surface area (Å²) >= 11 is 3.36. The average Bonchev–Trinajstić information content (AvgIpc) is 2.48. The van der Waals surface area contributed by atoms with Gasteiger partial charge >= 0.3 is 0 Å². The van der Waals surface area contributed by atoms with Crippen LogP contribution in [0, 0.1) is 0 Å². The molecule has 0 spiro atoms. The van der Waals surface area contributed by atoms with Crippen molar-refractivity contribution in [2.24, 2.45) is 0 Å². The number of rotatable bonds is 6. The van der Waals surface area contributed by atoms with E-state index in [1.54, 1.807) is 43.5 Å². The number of sulfonamides is 1. The highest BCUT2D eigenvalue weighted by molar-refractivity contribution is 9.09. The molecule has 0 amide bonds. The van der Waals surface area contributed by atoms with Gasteiger partial charge in [-0.3, -0.25) is 4.72 Å². The minimum atomic E-state index is -3.57. The lowest BCUT2D eigenvalue weighted by Gasteiger charge is -2.09. The first-order valence-corrected chi connectivity index (χ1v) is 8.97. The molecule has 0 bridgehead atoms. The Morgan fingerprint density at radius 2 is 1.67 bits per heavy atom. The molecule has 2 aromatic rings. The summed E-state index contributed by atoms with van der Waals surface area (Å²) in [5, 5.41) is 0.850. The Morgan fingerprint density at radius 1 is 1.05 bits per heavy atom. The molecule has 4 nitrogen and oxygen atoms in total. The molecule has 0 aromatic heterocycles. The van der Waals surface area contributed by atoms with Gasteiger partial charge in [0.2, 0.25) is 0 Å². The van der Waals surface area contributed by atoms with Crippen molar-refractivity contribution in [3.05, 3.63) is 54.1 Å². The summed E-state index contributed by atoms with van der Waals surface area (Å²) in [5.41, 5.74) is 1.59. The third-order valence-corrected chi connectivity index (χ3v) is 4.75. The lowest BCUT2D eigenvalue weighted by Crippen LogP contribution is -2.12. The Bertz CT molecular complexity index is 682. The minimum Gasteiger partial charge on any atom is -0.497 e. The average molecular weight is 370 g/mol. The molecule has 1 N–H and O–H groups in total. The van der Waals surface area contributed by atoms with Gasteiger partial charge in [-0.2, -0.15) is 0 Å². The molecular formula is C15H16BrNO3S. The van der Waals surface area contributed by atoms with Gasteiger partial charge in [0, 0.05) is 11.0 Å². The molecule has 0 radical (unpaired) electrons. The maximum absolute atomic E-state index is 12.3. The Morgan fingerprint density at radius 3 is 2.19 bits per heavy atom. The summed E-state index contributed by atoms with van der Waals surface area (Å²) in [6, 6.07) is 13.6. The summed E-state index contributed by atoms with van der Waals surface area (Å²) in [4.78, 5) is 0.247. The van der Waals surface area contributed by atoms with Crippen molar-refractivity contribution in [2.45, 2.75) is 11.3 Å². The molecule has 0 heterocycles. The van der Waals surface area contributed by atoms with Crippen LogP contribution in [0.1, 0.15) is 5.56 Å². The first kappa shape index (κ1) is 15.9. The third-order valence-electron chi connectivity index (χ3n) is 2.96. The quantitative estimate of drug-likeness (QED) is 0.793. The van der Waals surface area contributed by atoms with Crippen molar-refractivity contribution in [3.8, 4) is 5.75 Å². The van der Waals surface area contributed by atoms with Crippen molar-refractivity contribution in [1.29, 1.82) is 0 Å². The molecule has 0 saturated heterocycles. The maximum atomic E-state index is 12.3. The Balaban J connectivity index is 2.16. The summed E-state index contributed by atoms with van der Waals surface area (Å²) < 4.78 is 32.1. The van der Waals surface area contributed by atoms with Gasteiger partial charge in [0.25, 0.3) is 10.0 Å². The molecule has 2 aromatic carbocycles. The fourth-order valence-corrected chi connectivity index (χ4v) is 3.33.